The second-order valence-electron chi connectivity index (χ2n) is 7.08. The van der Waals surface area contributed by atoms with Crippen molar-refractivity contribution in [2.24, 2.45) is 12.0 Å². The molecule has 2 aromatic heterocycles. The Morgan fingerprint density at radius 3 is 2.38 bits per heavy atom. The highest BCUT2D eigenvalue weighted by molar-refractivity contribution is 5.80. The summed E-state index contributed by atoms with van der Waals surface area (Å²) in [7, 11) is 3.83. The lowest BCUT2D eigenvalue weighted by molar-refractivity contribution is 0.622. The molecular formula is C22H27N7. The second-order valence-corrected chi connectivity index (χ2v) is 7.08. The van der Waals surface area contributed by atoms with E-state index in [-0.39, 0.29) is 0 Å². The summed E-state index contributed by atoms with van der Waals surface area (Å²) in [5, 5.41) is 6.75. The SMILES string of the molecule is CN=C(NCCCn1c(C)nc2ccccc21)NCc1nc2ccccc2n1C. The number of rotatable bonds is 6. The van der Waals surface area contributed by atoms with Crippen LogP contribution in [0.4, 0.5) is 0 Å². The predicted octanol–water partition coefficient (Wildman–Crippen LogP) is 2.99. The molecule has 7 heteroatoms. The third kappa shape index (κ3) is 3.94. The van der Waals surface area contributed by atoms with Crippen molar-refractivity contribution in [3.63, 3.8) is 0 Å². The lowest BCUT2D eigenvalue weighted by Gasteiger charge is -2.12. The van der Waals surface area contributed by atoms with E-state index in [0.29, 0.717) is 6.54 Å². The van der Waals surface area contributed by atoms with Crippen molar-refractivity contribution in [1.29, 1.82) is 0 Å². The molecule has 0 aliphatic heterocycles. The van der Waals surface area contributed by atoms with Gasteiger partial charge in [0.25, 0.3) is 0 Å². The Labute approximate surface area is 170 Å². The van der Waals surface area contributed by atoms with Crippen LogP contribution in [0.1, 0.15) is 18.1 Å². The summed E-state index contributed by atoms with van der Waals surface area (Å²) in [4.78, 5) is 13.7. The molecule has 0 unspecified atom stereocenters. The van der Waals surface area contributed by atoms with Gasteiger partial charge in [-0.25, -0.2) is 9.97 Å². The van der Waals surface area contributed by atoms with Crippen molar-refractivity contribution >= 4 is 28.0 Å². The molecule has 4 aromatic rings. The van der Waals surface area contributed by atoms with E-state index in [2.05, 4.69) is 60.9 Å². The van der Waals surface area contributed by atoms with Crippen LogP contribution in [-0.2, 0) is 20.1 Å². The molecule has 2 heterocycles. The van der Waals surface area contributed by atoms with Gasteiger partial charge in [0.1, 0.15) is 11.6 Å². The summed E-state index contributed by atoms with van der Waals surface area (Å²) in [5.41, 5.74) is 4.39. The van der Waals surface area contributed by atoms with Gasteiger partial charge in [-0.2, -0.15) is 0 Å². The van der Waals surface area contributed by atoms with Gasteiger partial charge in [0.2, 0.25) is 0 Å². The molecule has 7 nitrogen and oxygen atoms in total. The minimum Gasteiger partial charge on any atom is -0.356 e. The summed E-state index contributed by atoms with van der Waals surface area (Å²) >= 11 is 0. The van der Waals surface area contributed by atoms with E-state index in [1.54, 1.807) is 7.05 Å². The molecule has 0 spiro atoms. The second kappa shape index (κ2) is 8.34. The minimum atomic E-state index is 0.621. The molecule has 0 amide bonds. The van der Waals surface area contributed by atoms with Crippen LogP contribution >= 0.6 is 0 Å². The van der Waals surface area contributed by atoms with Gasteiger partial charge in [-0.05, 0) is 37.6 Å². The van der Waals surface area contributed by atoms with Crippen LogP contribution in [0.3, 0.4) is 0 Å². The van der Waals surface area contributed by atoms with Crippen LogP contribution in [-0.4, -0.2) is 38.7 Å². The molecule has 0 aliphatic rings. The maximum Gasteiger partial charge on any atom is 0.191 e. The number of aryl methyl sites for hydroxylation is 3. The molecule has 4 rings (SSSR count). The Morgan fingerprint density at radius 1 is 0.966 bits per heavy atom. The number of nitrogens with zero attached hydrogens (tertiary/aromatic N) is 5. The molecule has 29 heavy (non-hydrogen) atoms. The molecule has 0 saturated carbocycles. The van der Waals surface area contributed by atoms with Crippen molar-refractivity contribution in [1.82, 2.24) is 29.7 Å². The number of aliphatic imine (C=N–C) groups is 1. The van der Waals surface area contributed by atoms with Crippen LogP contribution in [0, 0.1) is 6.92 Å². The summed E-state index contributed by atoms with van der Waals surface area (Å²) in [6.45, 7) is 4.43. The van der Waals surface area contributed by atoms with Gasteiger partial charge in [-0.1, -0.05) is 24.3 Å². The predicted molar refractivity (Wildman–Crippen MR) is 118 cm³/mol. The van der Waals surface area contributed by atoms with Crippen LogP contribution < -0.4 is 10.6 Å². The highest BCUT2D eigenvalue weighted by Crippen LogP contribution is 2.16. The monoisotopic (exact) mass is 389 g/mol. The van der Waals surface area contributed by atoms with Crippen LogP contribution in [0.2, 0.25) is 0 Å². The number of fused-ring (bicyclic) bond motifs is 2. The van der Waals surface area contributed by atoms with Crippen molar-refractivity contribution in [3.8, 4) is 0 Å². The van der Waals surface area contributed by atoms with Crippen molar-refractivity contribution < 1.29 is 0 Å². The summed E-state index contributed by atoms with van der Waals surface area (Å²) in [5.74, 6) is 2.81. The van der Waals surface area contributed by atoms with Gasteiger partial charge in [0.15, 0.2) is 5.96 Å². The number of aromatic nitrogens is 4. The molecule has 150 valence electrons. The maximum absolute atomic E-state index is 4.69. The average Bonchev–Trinajstić information content (AvgIpc) is 3.24. The van der Waals surface area contributed by atoms with Gasteiger partial charge >= 0.3 is 0 Å². The quantitative estimate of drug-likeness (QED) is 0.302. The Balaban J connectivity index is 1.30. The van der Waals surface area contributed by atoms with Gasteiger partial charge in [-0.15, -0.1) is 0 Å². The average molecular weight is 390 g/mol. The van der Waals surface area contributed by atoms with E-state index in [1.807, 2.05) is 31.3 Å². The molecule has 2 N–H and O–H groups in total. The fourth-order valence-corrected chi connectivity index (χ4v) is 3.66. The van der Waals surface area contributed by atoms with Gasteiger partial charge in [0, 0.05) is 27.2 Å². The van der Waals surface area contributed by atoms with Crippen LogP contribution in [0.15, 0.2) is 53.5 Å². The molecule has 0 radical (unpaired) electrons. The Morgan fingerprint density at radius 2 is 1.66 bits per heavy atom. The lowest BCUT2D eigenvalue weighted by Crippen LogP contribution is -2.38. The summed E-state index contributed by atoms with van der Waals surface area (Å²) in [6.07, 6.45) is 0.980. The number of hydrogen-bond donors (Lipinski definition) is 2. The van der Waals surface area contributed by atoms with Crippen molar-refractivity contribution in [3.05, 3.63) is 60.2 Å². The lowest BCUT2D eigenvalue weighted by atomic mass is 10.3. The topological polar surface area (TPSA) is 72.1 Å². The number of hydrogen-bond acceptors (Lipinski definition) is 3. The summed E-state index contributed by atoms with van der Waals surface area (Å²) < 4.78 is 4.38. The van der Waals surface area contributed by atoms with E-state index in [9.17, 15) is 0 Å². The van der Waals surface area contributed by atoms with Crippen LogP contribution in [0.25, 0.3) is 22.1 Å². The Kier molecular flexibility index (Phi) is 5.46. The third-order valence-electron chi connectivity index (χ3n) is 5.21. The summed E-state index contributed by atoms with van der Waals surface area (Å²) in [6, 6.07) is 16.4. The van der Waals surface area contributed by atoms with Gasteiger partial charge in [-0.3, -0.25) is 4.99 Å². The molecule has 2 aromatic carbocycles. The third-order valence-corrected chi connectivity index (χ3v) is 5.21. The first-order valence-corrected chi connectivity index (χ1v) is 9.94. The molecule has 0 aliphatic carbocycles. The zero-order chi connectivity index (χ0) is 20.2. The first-order valence-electron chi connectivity index (χ1n) is 9.94. The zero-order valence-corrected chi connectivity index (χ0v) is 17.2. The minimum absolute atomic E-state index is 0.621. The smallest absolute Gasteiger partial charge is 0.191 e. The van der Waals surface area contributed by atoms with Crippen LogP contribution in [0.5, 0.6) is 0 Å². The van der Waals surface area contributed by atoms with Crippen molar-refractivity contribution in [2.45, 2.75) is 26.4 Å². The van der Waals surface area contributed by atoms with Gasteiger partial charge < -0.3 is 19.8 Å². The van der Waals surface area contributed by atoms with E-state index in [0.717, 1.165) is 53.7 Å². The standard InChI is InChI=1S/C22H27N7/c1-16-26-18-10-5-7-12-20(18)29(16)14-8-13-24-22(23-2)25-15-21-27-17-9-4-6-11-19(17)28(21)3/h4-7,9-12H,8,13-15H2,1-3H3,(H2,23,24,25). The number of benzene rings is 2. The number of nitrogens with one attached hydrogen (secondary N) is 2. The molecular weight excluding hydrogens is 362 g/mol. The largest absolute Gasteiger partial charge is 0.356 e. The molecule has 0 saturated heterocycles. The fourth-order valence-electron chi connectivity index (χ4n) is 3.66. The maximum atomic E-state index is 4.69. The molecule has 0 bridgehead atoms. The Bertz CT molecular complexity index is 1150. The zero-order valence-electron chi connectivity index (χ0n) is 17.2. The van der Waals surface area contributed by atoms with Crippen molar-refractivity contribution in [2.75, 3.05) is 13.6 Å². The van der Waals surface area contributed by atoms with Gasteiger partial charge in [0.05, 0.1) is 28.6 Å². The normalized spacial score (nSPS) is 12.0. The fraction of sp³-hybridized carbons (Fsp3) is 0.318. The Hall–Kier alpha value is -3.35. The van der Waals surface area contributed by atoms with E-state index >= 15 is 0 Å². The van der Waals surface area contributed by atoms with E-state index in [4.69, 9.17) is 4.98 Å². The number of para-hydroxylation sites is 4. The van der Waals surface area contributed by atoms with E-state index in [1.165, 1.54) is 5.52 Å². The first-order chi connectivity index (χ1) is 14.2. The molecule has 0 atom stereocenters. The first kappa shape index (κ1) is 19.0. The number of guanidine groups is 1. The molecule has 0 fully saturated rings. The highest BCUT2D eigenvalue weighted by Gasteiger charge is 2.08. The van der Waals surface area contributed by atoms with E-state index < -0.39 is 0 Å². The highest BCUT2D eigenvalue weighted by atomic mass is 15.2. The number of imidazole rings is 2.